The summed E-state index contributed by atoms with van der Waals surface area (Å²) in [5, 5.41) is 10.7. The van der Waals surface area contributed by atoms with E-state index in [-0.39, 0.29) is 17.4 Å². The summed E-state index contributed by atoms with van der Waals surface area (Å²) in [5.41, 5.74) is 0. The zero-order valence-electron chi connectivity index (χ0n) is 16.8. The molecule has 6 nitrogen and oxygen atoms in total. The third kappa shape index (κ3) is 10.8. The van der Waals surface area contributed by atoms with E-state index in [0.29, 0.717) is 32.7 Å². The predicted octanol–water partition coefficient (Wildman–Crippen LogP) is 5.17. The van der Waals surface area contributed by atoms with Gasteiger partial charge in [0.2, 0.25) is 6.54 Å². The third-order valence-electron chi connectivity index (χ3n) is 4.34. The number of ether oxygens (including phenoxy) is 3. The Morgan fingerprint density at radius 1 is 0.800 bits per heavy atom. The van der Waals surface area contributed by atoms with Gasteiger partial charge in [0.05, 0.1) is 0 Å². The largest absolute Gasteiger partial charge is 0.328 e. The summed E-state index contributed by atoms with van der Waals surface area (Å²) in [6.45, 7) is 9.43. The summed E-state index contributed by atoms with van der Waals surface area (Å²) < 4.78 is 17.7. The van der Waals surface area contributed by atoms with Crippen molar-refractivity contribution >= 4 is 0 Å². The van der Waals surface area contributed by atoms with Gasteiger partial charge in [0.25, 0.3) is 5.97 Å². The lowest BCUT2D eigenvalue weighted by Gasteiger charge is -2.39. The second-order valence-corrected chi connectivity index (χ2v) is 6.35. The van der Waals surface area contributed by atoms with Crippen LogP contribution in [-0.4, -0.2) is 37.3 Å². The van der Waals surface area contributed by atoms with Crippen molar-refractivity contribution < 1.29 is 19.1 Å². The second kappa shape index (κ2) is 15.5. The molecule has 0 aliphatic heterocycles. The molecule has 0 amide bonds. The minimum Gasteiger partial charge on any atom is -0.328 e. The number of rotatable bonds is 18. The number of nitrogens with zero attached hydrogens (tertiary/aromatic N) is 1. The molecule has 150 valence electrons. The van der Waals surface area contributed by atoms with E-state index in [1.807, 2.05) is 20.8 Å². The predicted molar refractivity (Wildman–Crippen MR) is 100 cm³/mol. The van der Waals surface area contributed by atoms with Crippen LogP contribution in [-0.2, 0) is 14.2 Å². The van der Waals surface area contributed by atoms with E-state index in [9.17, 15) is 10.1 Å². The van der Waals surface area contributed by atoms with E-state index in [2.05, 4.69) is 6.92 Å². The molecule has 0 aliphatic carbocycles. The van der Waals surface area contributed by atoms with Gasteiger partial charge < -0.3 is 14.2 Å². The van der Waals surface area contributed by atoms with Crippen molar-refractivity contribution in [2.24, 2.45) is 5.92 Å². The molecular weight excluding hydrogens is 322 g/mol. The van der Waals surface area contributed by atoms with Crippen molar-refractivity contribution in [2.75, 3.05) is 26.4 Å². The van der Waals surface area contributed by atoms with Crippen molar-refractivity contribution in [1.29, 1.82) is 0 Å². The molecule has 6 heteroatoms. The number of hydrogen-bond donors (Lipinski definition) is 0. The summed E-state index contributed by atoms with van der Waals surface area (Å²) >= 11 is 0. The molecule has 0 saturated carbocycles. The Balaban J connectivity index is 4.84. The number of nitro groups is 1. The summed E-state index contributed by atoms with van der Waals surface area (Å²) in [5.74, 6) is -1.06. The first-order valence-corrected chi connectivity index (χ1v) is 10.1. The van der Waals surface area contributed by atoms with Crippen molar-refractivity contribution in [3.8, 4) is 0 Å². The zero-order chi connectivity index (χ0) is 19.0. The van der Waals surface area contributed by atoms with Gasteiger partial charge >= 0.3 is 0 Å². The van der Waals surface area contributed by atoms with Crippen LogP contribution in [0.25, 0.3) is 0 Å². The molecule has 1 unspecified atom stereocenters. The highest BCUT2D eigenvalue weighted by atomic mass is 16.9. The van der Waals surface area contributed by atoms with Gasteiger partial charge in [0.1, 0.15) is 0 Å². The molecule has 0 aromatic carbocycles. The fourth-order valence-corrected chi connectivity index (χ4v) is 3.22. The molecule has 0 bridgehead atoms. The number of unbranched alkanes of at least 4 members (excludes halogenated alkanes) is 5. The molecule has 0 heterocycles. The maximum absolute atomic E-state index is 10.7. The van der Waals surface area contributed by atoms with Gasteiger partial charge in [-0.25, -0.2) is 0 Å². The van der Waals surface area contributed by atoms with E-state index >= 15 is 0 Å². The van der Waals surface area contributed by atoms with E-state index in [1.54, 1.807) is 0 Å². The van der Waals surface area contributed by atoms with Gasteiger partial charge in [0.15, 0.2) is 0 Å². The lowest BCUT2D eigenvalue weighted by atomic mass is 9.92. The van der Waals surface area contributed by atoms with Gasteiger partial charge in [-0.1, -0.05) is 45.4 Å². The molecule has 0 spiro atoms. The summed E-state index contributed by atoms with van der Waals surface area (Å²) in [6.07, 6.45) is 9.38. The van der Waals surface area contributed by atoms with E-state index in [4.69, 9.17) is 14.2 Å². The van der Waals surface area contributed by atoms with E-state index < -0.39 is 5.97 Å². The van der Waals surface area contributed by atoms with Gasteiger partial charge in [-0.2, -0.15) is 0 Å². The Hall–Kier alpha value is -0.720. The first-order chi connectivity index (χ1) is 12.1. The highest BCUT2D eigenvalue weighted by Gasteiger charge is 2.41. The number of hydrogen-bond acceptors (Lipinski definition) is 5. The minimum atomic E-state index is -1.07. The first-order valence-electron chi connectivity index (χ1n) is 10.1. The Labute approximate surface area is 153 Å². The molecule has 1 atom stereocenters. The summed E-state index contributed by atoms with van der Waals surface area (Å²) in [7, 11) is 0. The Morgan fingerprint density at radius 2 is 1.28 bits per heavy atom. The van der Waals surface area contributed by atoms with Crippen LogP contribution in [0.5, 0.6) is 0 Å². The SMILES string of the molecule is CCCCCCCCC(CCC[N+](=O)[O-])C(OCC)(OCC)OCC. The maximum Gasteiger partial charge on any atom is 0.285 e. The van der Waals surface area contributed by atoms with Crippen LogP contribution < -0.4 is 0 Å². The molecular formula is C19H39NO5. The van der Waals surface area contributed by atoms with Crippen LogP contribution in [0.4, 0.5) is 0 Å². The topological polar surface area (TPSA) is 70.8 Å². The summed E-state index contributed by atoms with van der Waals surface area (Å²) in [6, 6.07) is 0. The van der Waals surface area contributed by atoms with Gasteiger partial charge in [-0.05, 0) is 33.6 Å². The fraction of sp³-hybridized carbons (Fsp3) is 1.00. The zero-order valence-corrected chi connectivity index (χ0v) is 16.8. The Morgan fingerprint density at radius 3 is 1.76 bits per heavy atom. The van der Waals surface area contributed by atoms with Crippen LogP contribution in [0.2, 0.25) is 0 Å². The first kappa shape index (κ1) is 24.3. The van der Waals surface area contributed by atoms with Crippen LogP contribution in [0.15, 0.2) is 0 Å². The average molecular weight is 362 g/mol. The van der Waals surface area contributed by atoms with E-state index in [1.165, 1.54) is 32.1 Å². The van der Waals surface area contributed by atoms with Crippen molar-refractivity contribution in [2.45, 2.75) is 91.5 Å². The van der Waals surface area contributed by atoms with Crippen LogP contribution >= 0.6 is 0 Å². The monoisotopic (exact) mass is 361 g/mol. The standard InChI is InChI=1S/C19H39NO5/c1-5-9-10-11-12-13-15-18(16-14-17-20(21)22)19(23-6-2,24-7-3)25-8-4/h18H,5-17H2,1-4H3. The molecule has 0 saturated heterocycles. The molecule has 0 rings (SSSR count). The van der Waals surface area contributed by atoms with Gasteiger partial charge in [-0.15, -0.1) is 0 Å². The molecule has 0 N–H and O–H groups in total. The van der Waals surface area contributed by atoms with Crippen molar-refractivity contribution in [1.82, 2.24) is 0 Å². The van der Waals surface area contributed by atoms with Gasteiger partial charge in [0, 0.05) is 37.1 Å². The van der Waals surface area contributed by atoms with Crippen molar-refractivity contribution in [3.63, 3.8) is 0 Å². The Kier molecular flexibility index (Phi) is 15.1. The quantitative estimate of drug-likeness (QED) is 0.146. The highest BCUT2D eigenvalue weighted by molar-refractivity contribution is 4.73. The third-order valence-corrected chi connectivity index (χ3v) is 4.34. The average Bonchev–Trinajstić information content (AvgIpc) is 2.56. The van der Waals surface area contributed by atoms with Crippen LogP contribution in [0.3, 0.4) is 0 Å². The Bertz CT molecular complexity index is 308. The van der Waals surface area contributed by atoms with Crippen molar-refractivity contribution in [3.05, 3.63) is 10.1 Å². The van der Waals surface area contributed by atoms with Gasteiger partial charge in [-0.3, -0.25) is 10.1 Å². The molecule has 0 aliphatic rings. The molecule has 25 heavy (non-hydrogen) atoms. The minimum absolute atomic E-state index is 0.0125. The molecule has 0 fully saturated rings. The molecule has 0 aromatic heterocycles. The van der Waals surface area contributed by atoms with Crippen LogP contribution in [0.1, 0.15) is 85.5 Å². The fourth-order valence-electron chi connectivity index (χ4n) is 3.22. The smallest absolute Gasteiger partial charge is 0.285 e. The lowest BCUT2D eigenvalue weighted by Crippen LogP contribution is -2.47. The van der Waals surface area contributed by atoms with Crippen LogP contribution in [0, 0.1) is 16.0 Å². The normalized spacial score (nSPS) is 13.1. The lowest BCUT2D eigenvalue weighted by molar-refractivity contribution is -0.481. The second-order valence-electron chi connectivity index (χ2n) is 6.35. The highest BCUT2D eigenvalue weighted by Crippen LogP contribution is 2.34. The maximum atomic E-state index is 10.7. The molecule has 0 radical (unpaired) electrons. The van der Waals surface area contributed by atoms with E-state index in [0.717, 1.165) is 12.8 Å². The molecule has 0 aromatic rings. The summed E-state index contributed by atoms with van der Waals surface area (Å²) in [4.78, 5) is 10.4.